The number of nitrogens with zero attached hydrogens (tertiary/aromatic N) is 3. The Balaban J connectivity index is 1.72. The minimum atomic E-state index is -0.323. The van der Waals surface area contributed by atoms with Gasteiger partial charge in [0.1, 0.15) is 5.71 Å². The fraction of sp³-hybridized carbons (Fsp3) is 0.429. The molecule has 10 heteroatoms. The molecule has 3 heterocycles. The lowest BCUT2D eigenvalue weighted by Crippen LogP contribution is -2.48. The van der Waals surface area contributed by atoms with E-state index in [1.807, 2.05) is 17.1 Å². The number of hydrogen-bond acceptors (Lipinski definition) is 6. The van der Waals surface area contributed by atoms with Gasteiger partial charge in [-0.2, -0.15) is 5.10 Å². The van der Waals surface area contributed by atoms with Crippen LogP contribution in [-0.4, -0.2) is 41.4 Å². The number of aliphatic hydroxyl groups is 1. The lowest BCUT2D eigenvalue weighted by Gasteiger charge is -2.28. The van der Waals surface area contributed by atoms with E-state index < -0.39 is 0 Å². The molecule has 0 saturated carbocycles. The van der Waals surface area contributed by atoms with Crippen molar-refractivity contribution in [3.8, 4) is 0 Å². The molecule has 2 aliphatic heterocycles. The first-order valence-electron chi connectivity index (χ1n) is 10.2. The maximum absolute atomic E-state index is 13.2. The van der Waals surface area contributed by atoms with Crippen LogP contribution in [0.25, 0.3) is 0 Å². The zero-order valence-corrected chi connectivity index (χ0v) is 19.8. The van der Waals surface area contributed by atoms with E-state index in [4.69, 9.17) is 39.9 Å². The molecule has 1 saturated heterocycles. The number of benzene rings is 1. The summed E-state index contributed by atoms with van der Waals surface area (Å²) in [7, 11) is 0. The molecule has 1 aromatic carbocycles. The van der Waals surface area contributed by atoms with Crippen LogP contribution in [-0.2, 0) is 4.79 Å². The smallest absolute Gasteiger partial charge is 0.282 e. The van der Waals surface area contributed by atoms with Crippen LogP contribution in [0.1, 0.15) is 36.6 Å². The predicted octanol–water partition coefficient (Wildman–Crippen LogP) is 5.14. The van der Waals surface area contributed by atoms with Gasteiger partial charge in [-0.25, -0.2) is 5.01 Å². The van der Waals surface area contributed by atoms with E-state index in [9.17, 15) is 9.90 Å². The molecule has 0 radical (unpaired) electrons. The lowest BCUT2D eigenvalue weighted by molar-refractivity contribution is -0.120. The van der Waals surface area contributed by atoms with Crippen molar-refractivity contribution in [1.29, 1.82) is 0 Å². The number of aliphatic hydroxyl groups excluding tert-OH is 1. The fourth-order valence-corrected chi connectivity index (χ4v) is 5.81. The molecule has 1 amide bonds. The van der Waals surface area contributed by atoms with Crippen molar-refractivity contribution in [3.05, 3.63) is 49.6 Å². The van der Waals surface area contributed by atoms with Crippen molar-refractivity contribution in [2.75, 3.05) is 24.7 Å². The molecule has 1 fully saturated rings. The van der Waals surface area contributed by atoms with Crippen molar-refractivity contribution in [2.45, 2.75) is 31.7 Å². The highest BCUT2D eigenvalue weighted by atomic mass is 35.5. The summed E-state index contributed by atoms with van der Waals surface area (Å²) in [5.41, 5.74) is 4.02. The number of hydrazine groups is 1. The van der Waals surface area contributed by atoms with Gasteiger partial charge in [-0.1, -0.05) is 41.2 Å². The van der Waals surface area contributed by atoms with Crippen molar-refractivity contribution in [3.63, 3.8) is 0 Å². The van der Waals surface area contributed by atoms with Gasteiger partial charge in [0.15, 0.2) is 0 Å². The van der Waals surface area contributed by atoms with Gasteiger partial charge >= 0.3 is 0 Å². The Hall–Kier alpha value is -1.35. The number of anilines is 1. The van der Waals surface area contributed by atoms with Crippen LogP contribution in [0, 0.1) is 5.92 Å². The highest BCUT2D eigenvalue weighted by Gasteiger charge is 2.43. The third-order valence-corrected chi connectivity index (χ3v) is 7.38. The summed E-state index contributed by atoms with van der Waals surface area (Å²) in [6.45, 7) is 1.57. The molecule has 166 valence electrons. The number of thiophene rings is 1. The standard InChI is InChI=1S/C21H23Cl3N4O2S/c22-13-4-5-16(15(23)12-13)28-20(17-6-7-18(24)31-17)14(8-11-29)19(25-28)21(30)26-27-9-2-1-3-10-27/h4-7,12,14,20,29H,1-3,8-11H2,(H,26,30). The first-order valence-corrected chi connectivity index (χ1v) is 12.2. The molecule has 0 bridgehead atoms. The Labute approximate surface area is 200 Å². The van der Waals surface area contributed by atoms with Crippen LogP contribution in [0.15, 0.2) is 35.4 Å². The number of carbonyl (C=O) groups is 1. The van der Waals surface area contributed by atoms with Crippen LogP contribution in [0.5, 0.6) is 0 Å². The summed E-state index contributed by atoms with van der Waals surface area (Å²) in [5, 5.41) is 19.2. The van der Waals surface area contributed by atoms with Gasteiger partial charge in [0.2, 0.25) is 0 Å². The summed E-state index contributed by atoms with van der Waals surface area (Å²) >= 11 is 20.2. The Morgan fingerprint density at radius 3 is 2.58 bits per heavy atom. The molecule has 2 aliphatic rings. The Kier molecular flexibility index (Phi) is 7.41. The molecule has 2 aromatic rings. The predicted molar refractivity (Wildman–Crippen MR) is 127 cm³/mol. The minimum absolute atomic E-state index is 0.0710. The molecule has 2 unspecified atom stereocenters. The van der Waals surface area contributed by atoms with E-state index >= 15 is 0 Å². The molecule has 1 aromatic heterocycles. The first kappa shape index (κ1) is 22.8. The third kappa shape index (κ3) is 5.02. The number of halogens is 3. The number of nitrogens with one attached hydrogen (secondary N) is 1. The van der Waals surface area contributed by atoms with E-state index in [2.05, 4.69) is 5.43 Å². The van der Waals surface area contributed by atoms with Gasteiger partial charge in [-0.15, -0.1) is 11.3 Å². The average Bonchev–Trinajstić information content (AvgIpc) is 3.32. The van der Waals surface area contributed by atoms with Gasteiger partial charge in [0.25, 0.3) is 5.91 Å². The summed E-state index contributed by atoms with van der Waals surface area (Å²) in [6.07, 6.45) is 3.66. The molecular weight excluding hydrogens is 479 g/mol. The number of carbonyl (C=O) groups excluding carboxylic acids is 1. The van der Waals surface area contributed by atoms with Gasteiger partial charge < -0.3 is 5.11 Å². The summed E-state index contributed by atoms with van der Waals surface area (Å²) in [5.74, 6) is -0.572. The SMILES string of the molecule is O=C(NN1CCCCC1)C1=NN(c2ccc(Cl)cc2Cl)C(c2ccc(Cl)s2)C1CCO. The average molecular weight is 502 g/mol. The summed E-state index contributed by atoms with van der Waals surface area (Å²) in [4.78, 5) is 14.2. The maximum Gasteiger partial charge on any atom is 0.282 e. The molecule has 4 rings (SSSR count). The molecule has 0 aliphatic carbocycles. The monoisotopic (exact) mass is 500 g/mol. The molecule has 2 N–H and O–H groups in total. The van der Waals surface area contributed by atoms with E-state index in [0.717, 1.165) is 30.8 Å². The third-order valence-electron chi connectivity index (χ3n) is 5.54. The largest absolute Gasteiger partial charge is 0.396 e. The van der Waals surface area contributed by atoms with Gasteiger partial charge in [0.05, 0.1) is 21.1 Å². The van der Waals surface area contributed by atoms with Crippen LogP contribution >= 0.6 is 46.1 Å². The number of amides is 1. The van der Waals surface area contributed by atoms with Crippen LogP contribution in [0.3, 0.4) is 0 Å². The first-order chi connectivity index (χ1) is 15.0. The second kappa shape index (κ2) is 10.1. The molecule has 31 heavy (non-hydrogen) atoms. The zero-order chi connectivity index (χ0) is 22.0. The summed E-state index contributed by atoms with van der Waals surface area (Å²) < 4.78 is 0.645. The topological polar surface area (TPSA) is 68.2 Å². The van der Waals surface area contributed by atoms with Crippen molar-refractivity contribution >= 4 is 63.4 Å². The van der Waals surface area contributed by atoms with Gasteiger partial charge in [0, 0.05) is 35.5 Å². The van der Waals surface area contributed by atoms with E-state index in [1.54, 1.807) is 23.2 Å². The fourth-order valence-electron chi connectivity index (χ4n) is 4.10. The Morgan fingerprint density at radius 1 is 1.16 bits per heavy atom. The van der Waals surface area contributed by atoms with Crippen LogP contribution in [0.4, 0.5) is 5.69 Å². The van der Waals surface area contributed by atoms with Crippen LogP contribution < -0.4 is 10.4 Å². The summed E-state index contributed by atoms with van der Waals surface area (Å²) in [6, 6.07) is 8.62. The number of hydrazone groups is 1. The quantitative estimate of drug-likeness (QED) is 0.575. The second-order valence-corrected chi connectivity index (χ2v) is 10.2. The number of piperidine rings is 1. The second-order valence-electron chi connectivity index (χ2n) is 7.62. The molecule has 6 nitrogen and oxygen atoms in total. The molecule has 2 atom stereocenters. The van der Waals surface area contributed by atoms with E-state index in [-0.39, 0.29) is 24.5 Å². The minimum Gasteiger partial charge on any atom is -0.396 e. The zero-order valence-electron chi connectivity index (χ0n) is 16.7. The van der Waals surface area contributed by atoms with Gasteiger partial charge in [-0.3, -0.25) is 15.2 Å². The number of rotatable bonds is 6. The number of hydrogen-bond donors (Lipinski definition) is 2. The molecular formula is C21H23Cl3N4O2S. The Morgan fingerprint density at radius 2 is 1.94 bits per heavy atom. The van der Waals surface area contributed by atoms with Crippen molar-refractivity contribution in [1.82, 2.24) is 10.4 Å². The highest BCUT2D eigenvalue weighted by molar-refractivity contribution is 7.16. The Bertz CT molecular complexity index is 977. The van der Waals surface area contributed by atoms with E-state index in [0.29, 0.717) is 32.2 Å². The lowest BCUT2D eigenvalue weighted by atomic mass is 9.90. The van der Waals surface area contributed by atoms with Crippen LogP contribution in [0.2, 0.25) is 14.4 Å². The van der Waals surface area contributed by atoms with Crippen molar-refractivity contribution in [2.24, 2.45) is 11.0 Å². The van der Waals surface area contributed by atoms with E-state index in [1.165, 1.54) is 17.8 Å². The normalized spacial score (nSPS) is 21.9. The maximum atomic E-state index is 13.2. The van der Waals surface area contributed by atoms with Crippen molar-refractivity contribution < 1.29 is 9.90 Å². The highest BCUT2D eigenvalue weighted by Crippen LogP contribution is 2.46. The van der Waals surface area contributed by atoms with Gasteiger partial charge in [-0.05, 0) is 49.6 Å². The molecule has 0 spiro atoms.